The van der Waals surface area contributed by atoms with Crippen molar-refractivity contribution in [3.63, 3.8) is 0 Å². The first kappa shape index (κ1) is 11.3. The van der Waals surface area contributed by atoms with Gasteiger partial charge in [0.1, 0.15) is 6.72 Å². The highest BCUT2D eigenvalue weighted by molar-refractivity contribution is 5.12. The maximum atomic E-state index is 8.94. The highest BCUT2D eigenvalue weighted by atomic mass is 16.3. The van der Waals surface area contributed by atoms with Gasteiger partial charge < -0.3 is 10.4 Å². The van der Waals surface area contributed by atoms with E-state index in [1.165, 1.54) is 5.57 Å². The van der Waals surface area contributed by atoms with Crippen LogP contribution in [0, 0.1) is 0 Å². The van der Waals surface area contributed by atoms with E-state index >= 15 is 0 Å². The second-order valence-electron chi connectivity index (χ2n) is 2.98. The topological polar surface area (TPSA) is 46.2 Å². The van der Waals surface area contributed by atoms with Gasteiger partial charge in [0, 0.05) is 13.1 Å². The monoisotopic (exact) mass is 171 g/mol. The zero-order chi connectivity index (χ0) is 9.40. The summed E-state index contributed by atoms with van der Waals surface area (Å²) < 4.78 is 0. The number of aliphatic hydroxyl groups is 1. The lowest BCUT2D eigenvalue weighted by Crippen LogP contribution is -2.65. The summed E-state index contributed by atoms with van der Waals surface area (Å²) in [5.41, 5.74) is 1.26. The number of hydrogen-bond donors (Lipinski definition) is 3. The number of aliphatic hydroxyl groups excluding tert-OH is 1. The normalized spacial score (nSPS) is 14.4. The minimum Gasteiger partial charge on any atom is -0.392 e. The van der Waals surface area contributed by atoms with Gasteiger partial charge in [-0.1, -0.05) is 5.57 Å². The molecule has 0 heterocycles. The van der Waals surface area contributed by atoms with Crippen molar-refractivity contribution in [3.05, 3.63) is 11.6 Å². The van der Waals surface area contributed by atoms with E-state index in [9.17, 15) is 0 Å². The summed E-state index contributed by atoms with van der Waals surface area (Å²) in [4.78, 5) is 2.79. The van der Waals surface area contributed by atoms with Crippen molar-refractivity contribution in [1.82, 2.24) is 5.32 Å². The Morgan fingerprint density at radius 1 is 1.75 bits per heavy atom. The van der Waals surface area contributed by atoms with Crippen molar-refractivity contribution in [3.8, 4) is 0 Å². The maximum absolute atomic E-state index is 8.94. The van der Waals surface area contributed by atoms with Crippen LogP contribution >= 0.6 is 0 Å². The third-order valence-corrected chi connectivity index (χ3v) is 1.44. The highest BCUT2D eigenvalue weighted by Gasteiger charge is 1.94. The predicted octanol–water partition coefficient (Wildman–Crippen LogP) is -1.32. The van der Waals surface area contributed by atoms with E-state index in [0.717, 1.165) is 13.1 Å². The van der Waals surface area contributed by atoms with E-state index < -0.39 is 0 Å². The van der Waals surface area contributed by atoms with E-state index in [1.807, 2.05) is 6.92 Å². The highest BCUT2D eigenvalue weighted by Crippen LogP contribution is 1.87. The van der Waals surface area contributed by atoms with E-state index in [0.29, 0.717) is 6.54 Å². The Morgan fingerprint density at radius 3 is 2.92 bits per heavy atom. The van der Waals surface area contributed by atoms with Crippen molar-refractivity contribution in [2.75, 3.05) is 19.6 Å². The van der Waals surface area contributed by atoms with Crippen molar-refractivity contribution in [1.29, 1.82) is 0 Å². The molecule has 3 N–H and O–H groups in total. The fraction of sp³-hybridized carbons (Fsp3) is 0.667. The Labute approximate surface area is 74.2 Å². The molecule has 0 radical (unpaired) electrons. The van der Waals surface area contributed by atoms with Crippen molar-refractivity contribution >= 4 is 6.72 Å². The number of hydrogen-bond acceptors (Lipinski definition) is 2. The number of nitrogens with one attached hydrogen (secondary N) is 2. The van der Waals surface area contributed by atoms with Gasteiger partial charge in [0.15, 0.2) is 6.54 Å². The first-order chi connectivity index (χ1) is 5.66. The second kappa shape index (κ2) is 7.00. The molecule has 0 saturated carbocycles. The molecule has 0 aromatic rings. The quantitative estimate of drug-likeness (QED) is 0.343. The molecule has 0 spiro atoms. The summed E-state index contributed by atoms with van der Waals surface area (Å²) >= 11 is 0. The van der Waals surface area contributed by atoms with Crippen LogP contribution in [0.4, 0.5) is 0 Å². The van der Waals surface area contributed by atoms with Crippen LogP contribution in [0.5, 0.6) is 0 Å². The molecule has 1 unspecified atom stereocenters. The van der Waals surface area contributed by atoms with Crippen molar-refractivity contribution < 1.29 is 10.1 Å². The largest absolute Gasteiger partial charge is 0.392 e. The van der Waals surface area contributed by atoms with Crippen LogP contribution < -0.4 is 10.3 Å². The van der Waals surface area contributed by atoms with Crippen molar-refractivity contribution in [2.45, 2.75) is 20.0 Å². The van der Waals surface area contributed by atoms with Crippen LogP contribution in [0.3, 0.4) is 0 Å². The fourth-order valence-electron chi connectivity index (χ4n) is 0.797. The van der Waals surface area contributed by atoms with Gasteiger partial charge in [0.05, 0.1) is 6.10 Å². The molecule has 3 heteroatoms. The second-order valence-corrected chi connectivity index (χ2v) is 2.98. The molecule has 70 valence electrons. The molecule has 0 aliphatic carbocycles. The smallest absolute Gasteiger partial charge is 0.159 e. The zero-order valence-electron chi connectivity index (χ0n) is 7.93. The first-order valence-electron chi connectivity index (χ1n) is 4.21. The Hall–Kier alpha value is -0.670. The molecule has 3 nitrogen and oxygen atoms in total. The molecule has 0 aromatic carbocycles. The minimum absolute atomic E-state index is 0.274. The SMILES string of the molecule is C=[NH+]C/C=C(/C)CNCC(C)O. The van der Waals surface area contributed by atoms with Crippen LogP contribution in [-0.4, -0.2) is 37.6 Å². The molecule has 0 bridgehead atoms. The molecule has 0 saturated heterocycles. The van der Waals surface area contributed by atoms with Gasteiger partial charge in [-0.25, -0.2) is 0 Å². The summed E-state index contributed by atoms with van der Waals surface area (Å²) in [6, 6.07) is 0. The van der Waals surface area contributed by atoms with E-state index in [1.54, 1.807) is 6.92 Å². The van der Waals surface area contributed by atoms with Crippen LogP contribution in [0.2, 0.25) is 0 Å². The van der Waals surface area contributed by atoms with E-state index in [4.69, 9.17) is 5.11 Å². The first-order valence-corrected chi connectivity index (χ1v) is 4.21. The van der Waals surface area contributed by atoms with E-state index in [2.05, 4.69) is 23.1 Å². The molecular formula is C9H19N2O+. The fourth-order valence-corrected chi connectivity index (χ4v) is 0.797. The summed E-state index contributed by atoms with van der Waals surface area (Å²) in [5, 5.41) is 12.1. The minimum atomic E-state index is -0.274. The summed E-state index contributed by atoms with van der Waals surface area (Å²) in [7, 11) is 0. The molecule has 1 atom stereocenters. The number of rotatable bonds is 6. The van der Waals surface area contributed by atoms with Gasteiger partial charge in [-0.05, 0) is 19.9 Å². The Morgan fingerprint density at radius 2 is 2.42 bits per heavy atom. The van der Waals surface area contributed by atoms with Gasteiger partial charge in [0.25, 0.3) is 0 Å². The van der Waals surface area contributed by atoms with Crippen LogP contribution in [-0.2, 0) is 0 Å². The third kappa shape index (κ3) is 7.44. The van der Waals surface area contributed by atoms with Crippen molar-refractivity contribution in [2.24, 2.45) is 0 Å². The maximum Gasteiger partial charge on any atom is 0.159 e. The summed E-state index contributed by atoms with van der Waals surface area (Å²) in [5.74, 6) is 0. The molecular weight excluding hydrogens is 152 g/mol. The molecule has 0 amide bonds. The van der Waals surface area contributed by atoms with Gasteiger partial charge in [0.2, 0.25) is 0 Å². The summed E-state index contributed by atoms with van der Waals surface area (Å²) in [6.45, 7) is 9.59. The molecule has 0 aliphatic heterocycles. The van der Waals surface area contributed by atoms with E-state index in [-0.39, 0.29) is 6.10 Å². The third-order valence-electron chi connectivity index (χ3n) is 1.44. The zero-order valence-corrected chi connectivity index (χ0v) is 7.93. The molecule has 0 fully saturated rings. The lowest BCUT2D eigenvalue weighted by Gasteiger charge is -2.05. The molecule has 0 aliphatic rings. The van der Waals surface area contributed by atoms with Gasteiger partial charge >= 0.3 is 0 Å². The molecule has 0 aromatic heterocycles. The Kier molecular flexibility index (Phi) is 6.61. The lowest BCUT2D eigenvalue weighted by atomic mass is 10.2. The Balaban J connectivity index is 3.42. The lowest BCUT2D eigenvalue weighted by molar-refractivity contribution is -0.434. The van der Waals surface area contributed by atoms with Crippen LogP contribution in [0.15, 0.2) is 11.6 Å². The Bertz CT molecular complexity index is 153. The average molecular weight is 171 g/mol. The summed E-state index contributed by atoms with van der Waals surface area (Å²) in [6.07, 6.45) is 1.80. The predicted molar refractivity (Wildman–Crippen MR) is 51.3 cm³/mol. The standard InChI is InChI=1S/C9H18N2O/c1-8(4-5-10-3)6-11-7-9(2)12/h4,9,11-12H,3,5-7H2,1-2H3/p+1/b8-4-. The van der Waals surface area contributed by atoms with Crippen LogP contribution in [0.1, 0.15) is 13.8 Å². The van der Waals surface area contributed by atoms with Gasteiger partial charge in [-0.2, -0.15) is 0 Å². The van der Waals surface area contributed by atoms with Gasteiger partial charge in [-0.3, -0.25) is 4.99 Å². The van der Waals surface area contributed by atoms with Crippen LogP contribution in [0.25, 0.3) is 0 Å². The molecule has 0 rings (SSSR count). The average Bonchev–Trinajstić information content (AvgIpc) is 2.00. The molecule has 12 heavy (non-hydrogen) atoms. The van der Waals surface area contributed by atoms with Gasteiger partial charge in [-0.15, -0.1) is 0 Å².